The number of anilines is 2. The third-order valence-electron chi connectivity index (χ3n) is 2.42. The smallest absolute Gasteiger partial charge is 0.264 e. The lowest BCUT2D eigenvalue weighted by Gasteiger charge is -2.09. The molecule has 0 amide bonds. The molecule has 3 N–H and O–H groups in total. The topological polar surface area (TPSA) is 72.2 Å². The third kappa shape index (κ3) is 3.00. The highest BCUT2D eigenvalue weighted by Gasteiger charge is 2.19. The molecule has 0 aromatic heterocycles. The summed E-state index contributed by atoms with van der Waals surface area (Å²) < 4.78 is 52.9. The molecule has 0 heterocycles. The highest BCUT2D eigenvalue weighted by Crippen LogP contribution is 2.23. The average molecular weight is 319 g/mol. The molecule has 8 heteroatoms. The number of hydrogen-bond acceptors (Lipinski definition) is 3. The zero-order valence-corrected chi connectivity index (χ0v) is 11.5. The molecule has 0 saturated heterocycles. The number of nitrogen functional groups attached to an aromatic ring is 1. The van der Waals surface area contributed by atoms with Crippen LogP contribution in [0.1, 0.15) is 0 Å². The minimum atomic E-state index is -4.18. The van der Waals surface area contributed by atoms with Gasteiger partial charge in [-0.1, -0.05) is 11.6 Å². The molecular formula is C12H9ClF2N2O2S. The first-order valence-electron chi connectivity index (χ1n) is 5.32. The second kappa shape index (κ2) is 5.26. The second-order valence-electron chi connectivity index (χ2n) is 3.92. The first kappa shape index (κ1) is 14.5. The largest absolute Gasteiger partial charge is 0.399 e. The first-order chi connectivity index (χ1) is 9.29. The molecule has 0 radical (unpaired) electrons. The van der Waals surface area contributed by atoms with E-state index in [9.17, 15) is 17.2 Å². The Labute approximate surface area is 119 Å². The van der Waals surface area contributed by atoms with Gasteiger partial charge < -0.3 is 5.73 Å². The van der Waals surface area contributed by atoms with Gasteiger partial charge in [-0.3, -0.25) is 4.72 Å². The average Bonchev–Trinajstić information content (AvgIpc) is 2.33. The number of sulfonamides is 1. The molecule has 20 heavy (non-hydrogen) atoms. The van der Waals surface area contributed by atoms with E-state index in [4.69, 9.17) is 17.3 Å². The quantitative estimate of drug-likeness (QED) is 0.854. The number of halogens is 3. The van der Waals surface area contributed by atoms with Crippen LogP contribution in [0.5, 0.6) is 0 Å². The Bertz CT molecular complexity index is 766. The van der Waals surface area contributed by atoms with E-state index in [-0.39, 0.29) is 16.4 Å². The summed E-state index contributed by atoms with van der Waals surface area (Å²) in [6.45, 7) is 0. The summed E-state index contributed by atoms with van der Waals surface area (Å²) in [6.07, 6.45) is 0. The maximum Gasteiger partial charge on any atom is 0.264 e. The van der Waals surface area contributed by atoms with Crippen molar-refractivity contribution < 1.29 is 17.2 Å². The fourth-order valence-corrected chi connectivity index (χ4v) is 2.73. The predicted molar refractivity (Wildman–Crippen MR) is 73.0 cm³/mol. The molecule has 106 valence electrons. The molecule has 0 aliphatic carbocycles. The minimum absolute atomic E-state index is 0.0666. The van der Waals surface area contributed by atoms with E-state index in [0.717, 1.165) is 18.2 Å². The fraction of sp³-hybridized carbons (Fsp3) is 0. The van der Waals surface area contributed by atoms with Gasteiger partial charge in [-0.25, -0.2) is 17.2 Å². The Kier molecular flexibility index (Phi) is 3.82. The van der Waals surface area contributed by atoms with Crippen LogP contribution in [0.25, 0.3) is 0 Å². The fourth-order valence-electron chi connectivity index (χ4n) is 1.50. The van der Waals surface area contributed by atoms with Gasteiger partial charge in [-0.05, 0) is 36.4 Å². The zero-order chi connectivity index (χ0) is 14.9. The summed E-state index contributed by atoms with van der Waals surface area (Å²) in [7, 11) is -4.18. The number of nitrogens with two attached hydrogens (primary N) is 1. The van der Waals surface area contributed by atoms with Crippen LogP contribution in [0, 0.1) is 11.6 Å². The molecule has 2 aromatic rings. The van der Waals surface area contributed by atoms with Crippen molar-refractivity contribution in [2.75, 3.05) is 10.5 Å². The van der Waals surface area contributed by atoms with Crippen LogP contribution in [0.3, 0.4) is 0 Å². The van der Waals surface area contributed by atoms with E-state index in [1.54, 1.807) is 0 Å². The van der Waals surface area contributed by atoms with Crippen molar-refractivity contribution in [3.8, 4) is 0 Å². The monoisotopic (exact) mass is 318 g/mol. The summed E-state index contributed by atoms with van der Waals surface area (Å²) in [5.41, 5.74) is 5.37. The summed E-state index contributed by atoms with van der Waals surface area (Å²) in [6, 6.07) is 6.51. The van der Waals surface area contributed by atoms with E-state index in [1.807, 2.05) is 0 Å². The molecule has 2 aromatic carbocycles. The Hall–Kier alpha value is -1.86. The molecular weight excluding hydrogens is 310 g/mol. The molecule has 0 unspecified atom stereocenters. The highest BCUT2D eigenvalue weighted by atomic mass is 35.5. The Morgan fingerprint density at radius 2 is 1.75 bits per heavy atom. The Morgan fingerprint density at radius 3 is 2.35 bits per heavy atom. The van der Waals surface area contributed by atoms with Crippen LogP contribution in [0.15, 0.2) is 41.3 Å². The molecule has 0 atom stereocenters. The summed E-state index contributed by atoms with van der Waals surface area (Å²) in [4.78, 5) is -0.581. The van der Waals surface area contributed by atoms with Gasteiger partial charge in [-0.2, -0.15) is 0 Å². The van der Waals surface area contributed by atoms with Crippen molar-refractivity contribution >= 4 is 33.0 Å². The normalized spacial score (nSPS) is 11.3. The van der Waals surface area contributed by atoms with Gasteiger partial charge in [0.2, 0.25) is 0 Å². The van der Waals surface area contributed by atoms with Gasteiger partial charge in [0.05, 0.1) is 10.7 Å². The molecule has 0 spiro atoms. The molecule has 0 bridgehead atoms. The van der Waals surface area contributed by atoms with Crippen molar-refractivity contribution in [1.29, 1.82) is 0 Å². The van der Waals surface area contributed by atoms with Crippen LogP contribution in [0.2, 0.25) is 5.02 Å². The second-order valence-corrected chi connectivity index (χ2v) is 5.98. The Morgan fingerprint density at radius 1 is 1.05 bits per heavy atom. The predicted octanol–water partition coefficient (Wildman–Crippen LogP) is 3.00. The zero-order valence-electron chi connectivity index (χ0n) is 9.90. The maximum atomic E-state index is 13.6. The lowest BCUT2D eigenvalue weighted by Crippen LogP contribution is -2.14. The number of hydrogen-bond donors (Lipinski definition) is 2. The molecule has 0 aliphatic rings. The number of rotatable bonds is 3. The van der Waals surface area contributed by atoms with Crippen molar-refractivity contribution in [3.63, 3.8) is 0 Å². The standard InChI is InChI=1S/C12H9ClF2N2O2S/c13-9-3-2-8(6-10(9)14)17-20(18,19)12-4-1-7(16)5-11(12)15/h1-6,17H,16H2. The van der Waals surface area contributed by atoms with Crippen molar-refractivity contribution in [2.45, 2.75) is 4.90 Å². The van der Waals surface area contributed by atoms with E-state index in [1.165, 1.54) is 18.2 Å². The highest BCUT2D eigenvalue weighted by molar-refractivity contribution is 7.92. The van der Waals surface area contributed by atoms with E-state index in [0.29, 0.717) is 0 Å². The number of nitrogens with one attached hydrogen (secondary N) is 1. The van der Waals surface area contributed by atoms with E-state index < -0.39 is 26.6 Å². The van der Waals surface area contributed by atoms with Crippen LogP contribution in [0.4, 0.5) is 20.2 Å². The number of benzene rings is 2. The van der Waals surface area contributed by atoms with Crippen molar-refractivity contribution in [1.82, 2.24) is 0 Å². The van der Waals surface area contributed by atoms with Gasteiger partial charge in [0.15, 0.2) is 0 Å². The van der Waals surface area contributed by atoms with Gasteiger partial charge in [0.25, 0.3) is 10.0 Å². The van der Waals surface area contributed by atoms with Gasteiger partial charge in [0.1, 0.15) is 16.5 Å². The van der Waals surface area contributed by atoms with Gasteiger partial charge in [0, 0.05) is 5.69 Å². The third-order valence-corrected chi connectivity index (χ3v) is 4.14. The van der Waals surface area contributed by atoms with Gasteiger partial charge in [-0.15, -0.1) is 0 Å². The summed E-state index contributed by atoms with van der Waals surface area (Å²) >= 11 is 5.49. The lowest BCUT2D eigenvalue weighted by molar-refractivity contribution is 0.571. The van der Waals surface area contributed by atoms with Gasteiger partial charge >= 0.3 is 0 Å². The van der Waals surface area contributed by atoms with E-state index in [2.05, 4.69) is 4.72 Å². The molecule has 0 saturated carbocycles. The molecule has 0 aliphatic heterocycles. The first-order valence-corrected chi connectivity index (χ1v) is 7.18. The molecule has 2 rings (SSSR count). The van der Waals surface area contributed by atoms with Crippen molar-refractivity contribution in [2.24, 2.45) is 0 Å². The van der Waals surface area contributed by atoms with Crippen LogP contribution in [-0.2, 0) is 10.0 Å². The molecule has 4 nitrogen and oxygen atoms in total. The summed E-state index contributed by atoms with van der Waals surface area (Å²) in [5, 5.41) is -0.147. The minimum Gasteiger partial charge on any atom is -0.399 e. The van der Waals surface area contributed by atoms with Crippen LogP contribution in [-0.4, -0.2) is 8.42 Å². The van der Waals surface area contributed by atoms with E-state index >= 15 is 0 Å². The SMILES string of the molecule is Nc1ccc(S(=O)(=O)Nc2ccc(Cl)c(F)c2)c(F)c1. The van der Waals surface area contributed by atoms with Crippen LogP contribution < -0.4 is 10.5 Å². The van der Waals surface area contributed by atoms with Crippen molar-refractivity contribution in [3.05, 3.63) is 53.1 Å². The van der Waals surface area contributed by atoms with Crippen LogP contribution >= 0.6 is 11.6 Å². The molecule has 0 fully saturated rings. The maximum absolute atomic E-state index is 13.6. The summed E-state index contributed by atoms with van der Waals surface area (Å²) in [5.74, 6) is -1.78. The Balaban J connectivity index is 2.38. The lowest BCUT2D eigenvalue weighted by atomic mass is 10.3.